The number of halogens is 1. The summed E-state index contributed by atoms with van der Waals surface area (Å²) in [6, 6.07) is 4.05. The van der Waals surface area contributed by atoms with Crippen LogP contribution < -0.4 is 0 Å². The molecule has 0 aliphatic carbocycles. The van der Waals surface area contributed by atoms with Gasteiger partial charge in [-0.15, -0.1) is 0 Å². The zero-order valence-electron chi connectivity index (χ0n) is 8.62. The molecule has 0 amide bonds. The number of aryl methyl sites for hydroxylation is 1. The van der Waals surface area contributed by atoms with E-state index in [0.717, 1.165) is 21.2 Å². The summed E-state index contributed by atoms with van der Waals surface area (Å²) in [5.41, 5.74) is 3.80. The third kappa shape index (κ3) is 2.16. The Balaban J connectivity index is 2.60. The SMILES string of the molecule is COCc1cnc2c(Br)cc(C)cc2n1. The molecular weight excluding hydrogens is 256 g/mol. The molecule has 3 nitrogen and oxygen atoms in total. The van der Waals surface area contributed by atoms with Gasteiger partial charge in [-0.25, -0.2) is 4.98 Å². The van der Waals surface area contributed by atoms with Crippen LogP contribution in [0, 0.1) is 6.92 Å². The fraction of sp³-hybridized carbons (Fsp3) is 0.273. The molecule has 0 spiro atoms. The highest BCUT2D eigenvalue weighted by atomic mass is 79.9. The molecule has 0 aliphatic heterocycles. The molecule has 2 rings (SSSR count). The highest BCUT2D eigenvalue weighted by Crippen LogP contribution is 2.22. The van der Waals surface area contributed by atoms with Gasteiger partial charge in [0.25, 0.3) is 0 Å². The van der Waals surface area contributed by atoms with Crippen LogP contribution in [-0.4, -0.2) is 17.1 Å². The monoisotopic (exact) mass is 266 g/mol. The summed E-state index contributed by atoms with van der Waals surface area (Å²) >= 11 is 3.48. The summed E-state index contributed by atoms with van der Waals surface area (Å²) in [6.45, 7) is 2.53. The number of nitrogens with zero attached hydrogens (tertiary/aromatic N) is 2. The third-order valence-electron chi connectivity index (χ3n) is 2.09. The molecule has 0 N–H and O–H groups in total. The zero-order chi connectivity index (χ0) is 10.8. The molecule has 0 saturated carbocycles. The van der Waals surface area contributed by atoms with E-state index < -0.39 is 0 Å². The highest BCUT2D eigenvalue weighted by molar-refractivity contribution is 9.10. The third-order valence-corrected chi connectivity index (χ3v) is 2.69. The first-order valence-electron chi connectivity index (χ1n) is 4.61. The lowest BCUT2D eigenvalue weighted by Gasteiger charge is -2.04. The molecule has 0 unspecified atom stereocenters. The lowest BCUT2D eigenvalue weighted by Crippen LogP contribution is -1.95. The quantitative estimate of drug-likeness (QED) is 0.839. The Morgan fingerprint density at radius 2 is 2.20 bits per heavy atom. The molecule has 0 bridgehead atoms. The standard InChI is InChI=1S/C11H11BrN2O/c1-7-3-9(12)11-10(4-7)14-8(5-13-11)6-15-2/h3-5H,6H2,1-2H3. The summed E-state index contributed by atoms with van der Waals surface area (Å²) < 4.78 is 6.00. The molecule has 0 fully saturated rings. The zero-order valence-corrected chi connectivity index (χ0v) is 10.2. The molecule has 4 heteroatoms. The van der Waals surface area contributed by atoms with Gasteiger partial charge < -0.3 is 4.74 Å². The van der Waals surface area contributed by atoms with Crippen LogP contribution in [0.2, 0.25) is 0 Å². The van der Waals surface area contributed by atoms with Crippen LogP contribution in [0.4, 0.5) is 0 Å². The van der Waals surface area contributed by atoms with E-state index in [4.69, 9.17) is 4.74 Å². The molecule has 1 aromatic heterocycles. The van der Waals surface area contributed by atoms with Crippen molar-refractivity contribution in [3.8, 4) is 0 Å². The Bertz CT molecular complexity index is 499. The first-order chi connectivity index (χ1) is 7.20. The summed E-state index contributed by atoms with van der Waals surface area (Å²) in [5, 5.41) is 0. The van der Waals surface area contributed by atoms with Crippen LogP contribution in [0.3, 0.4) is 0 Å². The van der Waals surface area contributed by atoms with Crippen LogP contribution in [0.5, 0.6) is 0 Å². The van der Waals surface area contributed by atoms with Crippen molar-refractivity contribution in [2.24, 2.45) is 0 Å². The van der Waals surface area contributed by atoms with Gasteiger partial charge in [0.05, 0.1) is 24.0 Å². The van der Waals surface area contributed by atoms with E-state index in [0.29, 0.717) is 6.61 Å². The molecule has 1 aromatic carbocycles. The van der Waals surface area contributed by atoms with Gasteiger partial charge in [-0.1, -0.05) is 0 Å². The smallest absolute Gasteiger partial charge is 0.103 e. The van der Waals surface area contributed by atoms with Crippen LogP contribution in [-0.2, 0) is 11.3 Å². The molecule has 0 aliphatic rings. The van der Waals surface area contributed by atoms with Gasteiger partial charge in [0.2, 0.25) is 0 Å². The van der Waals surface area contributed by atoms with E-state index in [2.05, 4.69) is 25.9 Å². The Morgan fingerprint density at radius 3 is 2.93 bits per heavy atom. The van der Waals surface area contributed by atoms with Crippen LogP contribution in [0.1, 0.15) is 11.3 Å². The second kappa shape index (κ2) is 4.24. The largest absolute Gasteiger partial charge is 0.378 e. The number of methoxy groups -OCH3 is 1. The molecule has 15 heavy (non-hydrogen) atoms. The second-order valence-electron chi connectivity index (χ2n) is 3.41. The average molecular weight is 267 g/mol. The maximum Gasteiger partial charge on any atom is 0.103 e. The molecule has 2 aromatic rings. The summed E-state index contributed by atoms with van der Waals surface area (Å²) in [4.78, 5) is 8.82. The number of ether oxygens (including phenoxy) is 1. The predicted octanol–water partition coefficient (Wildman–Crippen LogP) is 2.85. The van der Waals surface area contributed by atoms with Crippen molar-refractivity contribution >= 4 is 27.0 Å². The highest BCUT2D eigenvalue weighted by Gasteiger charge is 2.04. The van der Waals surface area contributed by atoms with Gasteiger partial charge in [-0.2, -0.15) is 0 Å². The normalized spacial score (nSPS) is 10.9. The number of rotatable bonds is 2. The molecular formula is C11H11BrN2O. The topological polar surface area (TPSA) is 35.0 Å². The lowest BCUT2D eigenvalue weighted by molar-refractivity contribution is 0.181. The van der Waals surface area contributed by atoms with Crippen molar-refractivity contribution in [2.45, 2.75) is 13.5 Å². The number of hydrogen-bond donors (Lipinski definition) is 0. The lowest BCUT2D eigenvalue weighted by atomic mass is 10.2. The van der Waals surface area contributed by atoms with Crippen LogP contribution in [0.15, 0.2) is 22.8 Å². The second-order valence-corrected chi connectivity index (χ2v) is 4.26. The maximum absolute atomic E-state index is 5.02. The Hall–Kier alpha value is -1.00. The first-order valence-corrected chi connectivity index (χ1v) is 5.40. The van der Waals surface area contributed by atoms with Crippen molar-refractivity contribution in [3.05, 3.63) is 34.1 Å². The van der Waals surface area contributed by atoms with E-state index in [1.807, 2.05) is 19.1 Å². The van der Waals surface area contributed by atoms with Crippen LogP contribution in [0.25, 0.3) is 11.0 Å². The van der Waals surface area contributed by atoms with Gasteiger partial charge >= 0.3 is 0 Å². The minimum Gasteiger partial charge on any atom is -0.378 e. The van der Waals surface area contributed by atoms with Gasteiger partial charge in [0.1, 0.15) is 5.52 Å². The summed E-state index contributed by atoms with van der Waals surface area (Å²) in [6.07, 6.45) is 1.74. The fourth-order valence-corrected chi connectivity index (χ4v) is 2.14. The van der Waals surface area contributed by atoms with E-state index in [1.165, 1.54) is 5.56 Å². The van der Waals surface area contributed by atoms with Crippen molar-refractivity contribution in [2.75, 3.05) is 7.11 Å². The Morgan fingerprint density at radius 1 is 1.40 bits per heavy atom. The Labute approximate surface area is 96.6 Å². The maximum atomic E-state index is 5.02. The number of benzene rings is 1. The van der Waals surface area contributed by atoms with Gasteiger partial charge in [0, 0.05) is 11.6 Å². The van der Waals surface area contributed by atoms with Gasteiger partial charge in [-0.3, -0.25) is 4.98 Å². The molecule has 1 heterocycles. The number of hydrogen-bond acceptors (Lipinski definition) is 3. The number of fused-ring (bicyclic) bond motifs is 1. The number of aromatic nitrogens is 2. The summed E-state index contributed by atoms with van der Waals surface area (Å²) in [7, 11) is 1.65. The molecule has 0 atom stereocenters. The first kappa shape index (κ1) is 10.5. The van der Waals surface area contributed by atoms with Crippen molar-refractivity contribution < 1.29 is 4.74 Å². The van der Waals surface area contributed by atoms with Crippen molar-refractivity contribution in [1.82, 2.24) is 9.97 Å². The minimum absolute atomic E-state index is 0.495. The van der Waals surface area contributed by atoms with Crippen LogP contribution >= 0.6 is 15.9 Å². The molecule has 0 radical (unpaired) electrons. The van der Waals surface area contributed by atoms with Crippen molar-refractivity contribution in [3.63, 3.8) is 0 Å². The van der Waals surface area contributed by atoms with E-state index in [9.17, 15) is 0 Å². The fourth-order valence-electron chi connectivity index (χ4n) is 1.47. The van der Waals surface area contributed by atoms with E-state index in [1.54, 1.807) is 13.3 Å². The molecule has 78 valence electrons. The van der Waals surface area contributed by atoms with E-state index >= 15 is 0 Å². The van der Waals surface area contributed by atoms with Gasteiger partial charge in [0.15, 0.2) is 0 Å². The summed E-state index contributed by atoms with van der Waals surface area (Å²) in [5.74, 6) is 0. The average Bonchev–Trinajstić information content (AvgIpc) is 2.17. The Kier molecular flexibility index (Phi) is 2.98. The van der Waals surface area contributed by atoms with E-state index in [-0.39, 0.29) is 0 Å². The predicted molar refractivity (Wildman–Crippen MR) is 62.7 cm³/mol. The van der Waals surface area contributed by atoms with Gasteiger partial charge in [-0.05, 0) is 40.5 Å². The minimum atomic E-state index is 0.495. The molecule has 0 saturated heterocycles. The van der Waals surface area contributed by atoms with Crippen molar-refractivity contribution in [1.29, 1.82) is 0 Å².